The van der Waals surface area contributed by atoms with Crippen LogP contribution in [-0.2, 0) is 0 Å². The third-order valence-electron chi connectivity index (χ3n) is 3.55. The van der Waals surface area contributed by atoms with E-state index in [2.05, 4.69) is 6.92 Å². The van der Waals surface area contributed by atoms with Crippen molar-refractivity contribution in [1.82, 2.24) is 0 Å². The molecular weight excluding hydrogens is 158 g/mol. The van der Waals surface area contributed by atoms with Gasteiger partial charge in [-0.05, 0) is 24.8 Å². The molecule has 0 amide bonds. The fourth-order valence-electron chi connectivity index (χ4n) is 2.62. The maximum Gasteiger partial charge on any atom is -0.00462 e. The van der Waals surface area contributed by atoms with Crippen molar-refractivity contribution < 1.29 is 0 Å². The second kappa shape index (κ2) is 6.42. The first-order valence-electron chi connectivity index (χ1n) is 6.08. The van der Waals surface area contributed by atoms with Gasteiger partial charge in [-0.1, -0.05) is 51.9 Å². The number of rotatable bonds is 5. The molecule has 0 aromatic heterocycles. The average Bonchev–Trinajstić information content (AvgIpc) is 2.21. The van der Waals surface area contributed by atoms with Crippen LogP contribution in [0.25, 0.3) is 0 Å². The van der Waals surface area contributed by atoms with E-state index in [9.17, 15) is 0 Å². The van der Waals surface area contributed by atoms with Crippen molar-refractivity contribution in [3.8, 4) is 0 Å². The fraction of sp³-hybridized carbons (Fsp3) is 1.00. The lowest BCUT2D eigenvalue weighted by molar-refractivity contribution is 0.238. The molecule has 0 radical (unpaired) electrons. The Morgan fingerprint density at radius 2 is 1.92 bits per heavy atom. The van der Waals surface area contributed by atoms with Crippen LogP contribution in [0.3, 0.4) is 0 Å². The molecule has 1 fully saturated rings. The molecule has 0 heterocycles. The van der Waals surface area contributed by atoms with Crippen LogP contribution in [0, 0.1) is 11.8 Å². The van der Waals surface area contributed by atoms with Gasteiger partial charge in [-0.25, -0.2) is 0 Å². The van der Waals surface area contributed by atoms with E-state index in [1.54, 1.807) is 0 Å². The standard InChI is InChI=1S/C12H25N/c1-2-3-7-12(10-13)11-8-5-4-6-9-11/h11-12H,2-10,13H2,1H3. The molecule has 1 saturated carbocycles. The maximum atomic E-state index is 5.84. The van der Waals surface area contributed by atoms with Crippen LogP contribution in [0.2, 0.25) is 0 Å². The molecule has 1 rings (SSSR count). The predicted octanol–water partition coefficient (Wildman–Crippen LogP) is 3.33. The molecule has 1 nitrogen and oxygen atoms in total. The zero-order chi connectivity index (χ0) is 9.52. The van der Waals surface area contributed by atoms with Gasteiger partial charge in [0.15, 0.2) is 0 Å². The van der Waals surface area contributed by atoms with Crippen molar-refractivity contribution >= 4 is 0 Å². The molecule has 1 aliphatic carbocycles. The normalized spacial score (nSPS) is 21.7. The second-order valence-electron chi connectivity index (χ2n) is 4.54. The molecule has 0 bridgehead atoms. The number of unbranched alkanes of at least 4 members (excludes halogenated alkanes) is 1. The summed E-state index contributed by atoms with van der Waals surface area (Å²) in [7, 11) is 0. The van der Waals surface area contributed by atoms with Crippen molar-refractivity contribution in [2.45, 2.75) is 58.3 Å². The Balaban J connectivity index is 2.26. The maximum absolute atomic E-state index is 5.84. The van der Waals surface area contributed by atoms with E-state index in [-0.39, 0.29) is 0 Å². The van der Waals surface area contributed by atoms with Crippen LogP contribution < -0.4 is 5.73 Å². The van der Waals surface area contributed by atoms with Crippen LogP contribution in [0.1, 0.15) is 58.3 Å². The minimum atomic E-state index is 0.834. The van der Waals surface area contributed by atoms with E-state index in [0.717, 1.165) is 18.4 Å². The van der Waals surface area contributed by atoms with Gasteiger partial charge in [0, 0.05) is 0 Å². The third-order valence-corrected chi connectivity index (χ3v) is 3.55. The van der Waals surface area contributed by atoms with E-state index >= 15 is 0 Å². The van der Waals surface area contributed by atoms with E-state index in [1.165, 1.54) is 51.4 Å². The number of nitrogens with two attached hydrogens (primary N) is 1. The molecule has 0 saturated heterocycles. The zero-order valence-electron chi connectivity index (χ0n) is 9.10. The highest BCUT2D eigenvalue weighted by molar-refractivity contribution is 4.74. The van der Waals surface area contributed by atoms with Gasteiger partial charge in [0.05, 0.1) is 0 Å². The van der Waals surface area contributed by atoms with Gasteiger partial charge in [0.25, 0.3) is 0 Å². The SMILES string of the molecule is CCCCC(CN)C1CCCCC1. The Bertz CT molecular complexity index is 116. The summed E-state index contributed by atoms with van der Waals surface area (Å²) in [6.45, 7) is 3.19. The first-order chi connectivity index (χ1) is 6.38. The molecule has 2 N–H and O–H groups in total. The Morgan fingerprint density at radius 1 is 1.23 bits per heavy atom. The van der Waals surface area contributed by atoms with Gasteiger partial charge in [-0.2, -0.15) is 0 Å². The summed E-state index contributed by atoms with van der Waals surface area (Å²) in [6, 6.07) is 0. The van der Waals surface area contributed by atoms with Gasteiger partial charge in [0.2, 0.25) is 0 Å². The van der Waals surface area contributed by atoms with Crippen LogP contribution in [0.4, 0.5) is 0 Å². The second-order valence-corrected chi connectivity index (χ2v) is 4.54. The molecule has 0 aromatic carbocycles. The van der Waals surface area contributed by atoms with Crippen LogP contribution in [-0.4, -0.2) is 6.54 Å². The van der Waals surface area contributed by atoms with Gasteiger partial charge in [-0.3, -0.25) is 0 Å². The Hall–Kier alpha value is -0.0400. The van der Waals surface area contributed by atoms with Gasteiger partial charge < -0.3 is 5.73 Å². The summed E-state index contributed by atoms with van der Waals surface area (Å²) < 4.78 is 0. The number of hydrogen-bond donors (Lipinski definition) is 1. The highest BCUT2D eigenvalue weighted by Gasteiger charge is 2.21. The summed E-state index contributed by atoms with van der Waals surface area (Å²) in [5, 5.41) is 0. The summed E-state index contributed by atoms with van der Waals surface area (Å²) in [6.07, 6.45) is 11.3. The minimum Gasteiger partial charge on any atom is -0.330 e. The van der Waals surface area contributed by atoms with Crippen LogP contribution in [0.5, 0.6) is 0 Å². The van der Waals surface area contributed by atoms with E-state index < -0.39 is 0 Å². The molecule has 1 aliphatic rings. The largest absolute Gasteiger partial charge is 0.330 e. The van der Waals surface area contributed by atoms with Crippen molar-refractivity contribution in [3.05, 3.63) is 0 Å². The van der Waals surface area contributed by atoms with E-state index in [0.29, 0.717) is 0 Å². The summed E-state index contributed by atoms with van der Waals surface area (Å²) in [5.74, 6) is 1.80. The van der Waals surface area contributed by atoms with Crippen molar-refractivity contribution in [2.75, 3.05) is 6.54 Å². The highest BCUT2D eigenvalue weighted by atomic mass is 14.6. The lowest BCUT2D eigenvalue weighted by Gasteiger charge is -2.29. The molecule has 78 valence electrons. The smallest absolute Gasteiger partial charge is 0.00462 e. The Kier molecular flexibility index (Phi) is 5.45. The molecule has 0 aromatic rings. The topological polar surface area (TPSA) is 26.0 Å². The lowest BCUT2D eigenvalue weighted by atomic mass is 9.78. The minimum absolute atomic E-state index is 0.834. The molecule has 0 aliphatic heterocycles. The monoisotopic (exact) mass is 183 g/mol. The summed E-state index contributed by atoms with van der Waals surface area (Å²) in [4.78, 5) is 0. The molecule has 0 spiro atoms. The predicted molar refractivity (Wildman–Crippen MR) is 58.6 cm³/mol. The Labute approximate surface area is 83.1 Å². The molecule has 13 heavy (non-hydrogen) atoms. The first-order valence-corrected chi connectivity index (χ1v) is 6.08. The zero-order valence-corrected chi connectivity index (χ0v) is 9.10. The molecule has 1 atom stereocenters. The van der Waals surface area contributed by atoms with E-state index in [1.807, 2.05) is 0 Å². The van der Waals surface area contributed by atoms with Crippen LogP contribution in [0.15, 0.2) is 0 Å². The van der Waals surface area contributed by atoms with Gasteiger partial charge >= 0.3 is 0 Å². The quantitative estimate of drug-likeness (QED) is 0.695. The highest BCUT2D eigenvalue weighted by Crippen LogP contribution is 2.31. The molecular formula is C12H25N. The van der Waals surface area contributed by atoms with E-state index in [4.69, 9.17) is 5.73 Å². The van der Waals surface area contributed by atoms with Gasteiger partial charge in [-0.15, -0.1) is 0 Å². The fourth-order valence-corrected chi connectivity index (χ4v) is 2.62. The van der Waals surface area contributed by atoms with Crippen molar-refractivity contribution in [3.63, 3.8) is 0 Å². The van der Waals surface area contributed by atoms with Crippen molar-refractivity contribution in [1.29, 1.82) is 0 Å². The molecule has 1 heteroatoms. The Morgan fingerprint density at radius 3 is 2.46 bits per heavy atom. The molecule has 1 unspecified atom stereocenters. The third kappa shape index (κ3) is 3.68. The van der Waals surface area contributed by atoms with Crippen LogP contribution >= 0.6 is 0 Å². The lowest BCUT2D eigenvalue weighted by Crippen LogP contribution is -2.25. The van der Waals surface area contributed by atoms with Crippen molar-refractivity contribution in [2.24, 2.45) is 17.6 Å². The summed E-state index contributed by atoms with van der Waals surface area (Å²) >= 11 is 0. The average molecular weight is 183 g/mol. The number of hydrogen-bond acceptors (Lipinski definition) is 1. The van der Waals surface area contributed by atoms with Gasteiger partial charge in [0.1, 0.15) is 0 Å². The summed E-state index contributed by atoms with van der Waals surface area (Å²) in [5.41, 5.74) is 5.84. The first kappa shape index (κ1) is 11.0.